The second kappa shape index (κ2) is 9.03. The van der Waals surface area contributed by atoms with Crippen molar-refractivity contribution < 1.29 is 19.1 Å². The first kappa shape index (κ1) is 18.7. The highest BCUT2D eigenvalue weighted by Crippen LogP contribution is 2.20. The van der Waals surface area contributed by atoms with Gasteiger partial charge in [-0.1, -0.05) is 6.92 Å². The third-order valence-corrected chi connectivity index (χ3v) is 5.06. The Kier molecular flexibility index (Phi) is 6.50. The van der Waals surface area contributed by atoms with Gasteiger partial charge < -0.3 is 19.3 Å². The molecule has 6 nitrogen and oxygen atoms in total. The van der Waals surface area contributed by atoms with Crippen LogP contribution in [0.2, 0.25) is 0 Å². The Hall–Kier alpha value is -2.08. The van der Waals surface area contributed by atoms with Crippen molar-refractivity contribution in [3.63, 3.8) is 0 Å². The van der Waals surface area contributed by atoms with E-state index in [0.717, 1.165) is 31.7 Å². The molecule has 0 aliphatic carbocycles. The first-order valence-corrected chi connectivity index (χ1v) is 9.55. The molecule has 0 spiro atoms. The van der Waals surface area contributed by atoms with Crippen LogP contribution >= 0.6 is 0 Å². The molecule has 0 aromatic heterocycles. The van der Waals surface area contributed by atoms with Gasteiger partial charge in [-0.15, -0.1) is 0 Å². The van der Waals surface area contributed by atoms with Gasteiger partial charge in [0.1, 0.15) is 5.75 Å². The van der Waals surface area contributed by atoms with E-state index in [2.05, 4.69) is 0 Å². The van der Waals surface area contributed by atoms with Crippen LogP contribution in [0.3, 0.4) is 0 Å². The number of likely N-dealkylation sites (tertiary alicyclic amines) is 1. The van der Waals surface area contributed by atoms with Crippen molar-refractivity contribution >= 4 is 11.8 Å². The predicted octanol–water partition coefficient (Wildman–Crippen LogP) is 2.19. The second-order valence-corrected chi connectivity index (χ2v) is 6.94. The first-order valence-electron chi connectivity index (χ1n) is 9.55. The van der Waals surface area contributed by atoms with E-state index >= 15 is 0 Å². The Balaban J connectivity index is 1.49. The molecule has 3 rings (SSSR count). The van der Waals surface area contributed by atoms with Crippen LogP contribution in [0.25, 0.3) is 0 Å². The molecular formula is C20H28N2O4. The van der Waals surface area contributed by atoms with Crippen LogP contribution in [0.5, 0.6) is 5.75 Å². The van der Waals surface area contributed by atoms with Crippen molar-refractivity contribution in [2.45, 2.75) is 26.2 Å². The minimum atomic E-state index is 0.0425. The number of carbonyl (C=O) groups excluding carboxylic acids is 2. The van der Waals surface area contributed by atoms with Crippen LogP contribution in [0.15, 0.2) is 24.3 Å². The molecule has 1 aromatic rings. The highest BCUT2D eigenvalue weighted by Gasteiger charge is 2.23. The molecule has 6 heteroatoms. The highest BCUT2D eigenvalue weighted by atomic mass is 16.5. The maximum atomic E-state index is 12.4. The van der Waals surface area contributed by atoms with Gasteiger partial charge in [0.05, 0.1) is 19.8 Å². The molecule has 0 N–H and O–H groups in total. The summed E-state index contributed by atoms with van der Waals surface area (Å²) in [6.45, 7) is 6.64. The number of ether oxygens (including phenoxy) is 2. The van der Waals surface area contributed by atoms with Crippen molar-refractivity contribution in [1.29, 1.82) is 0 Å². The molecule has 2 heterocycles. The van der Waals surface area contributed by atoms with Gasteiger partial charge in [-0.25, -0.2) is 0 Å². The van der Waals surface area contributed by atoms with Crippen molar-refractivity contribution in [2.24, 2.45) is 5.92 Å². The standard InChI is InChI=1S/C20H28N2O4/c1-2-19(23)22-9-3-4-16(14-22)15-26-18-7-5-17(6-8-18)20(24)21-10-12-25-13-11-21/h5-8,16H,2-4,9-15H2,1H3. The largest absolute Gasteiger partial charge is 0.493 e. The number of hydrogen-bond donors (Lipinski definition) is 0. The van der Waals surface area contributed by atoms with E-state index in [9.17, 15) is 9.59 Å². The molecule has 2 fully saturated rings. The van der Waals surface area contributed by atoms with Gasteiger partial charge in [0.15, 0.2) is 0 Å². The number of carbonyl (C=O) groups is 2. The third kappa shape index (κ3) is 4.75. The second-order valence-electron chi connectivity index (χ2n) is 6.94. The Bertz CT molecular complexity index is 611. The molecule has 2 aliphatic heterocycles. The fourth-order valence-electron chi connectivity index (χ4n) is 3.51. The summed E-state index contributed by atoms with van der Waals surface area (Å²) < 4.78 is 11.2. The van der Waals surface area contributed by atoms with Gasteiger partial charge in [-0.05, 0) is 37.1 Å². The summed E-state index contributed by atoms with van der Waals surface area (Å²) in [5.74, 6) is 1.40. The van der Waals surface area contributed by atoms with E-state index in [0.29, 0.717) is 50.8 Å². The number of benzene rings is 1. The summed E-state index contributed by atoms with van der Waals surface area (Å²) in [4.78, 5) is 28.1. The zero-order valence-electron chi connectivity index (χ0n) is 15.5. The van der Waals surface area contributed by atoms with E-state index in [-0.39, 0.29) is 11.8 Å². The lowest BCUT2D eigenvalue weighted by atomic mass is 9.99. The summed E-state index contributed by atoms with van der Waals surface area (Å²) >= 11 is 0. The van der Waals surface area contributed by atoms with Crippen LogP contribution < -0.4 is 4.74 Å². The predicted molar refractivity (Wildman–Crippen MR) is 98.3 cm³/mol. The Morgan fingerprint density at radius 3 is 2.54 bits per heavy atom. The van der Waals surface area contributed by atoms with E-state index in [4.69, 9.17) is 9.47 Å². The Morgan fingerprint density at radius 2 is 1.85 bits per heavy atom. The number of rotatable bonds is 5. The smallest absolute Gasteiger partial charge is 0.254 e. The number of morpholine rings is 1. The lowest BCUT2D eigenvalue weighted by Crippen LogP contribution is -2.41. The molecule has 1 unspecified atom stereocenters. The van der Waals surface area contributed by atoms with Crippen LogP contribution in [-0.2, 0) is 9.53 Å². The van der Waals surface area contributed by atoms with Crippen LogP contribution in [0, 0.1) is 5.92 Å². The molecule has 1 atom stereocenters. The summed E-state index contributed by atoms with van der Waals surface area (Å²) in [6, 6.07) is 7.35. The topological polar surface area (TPSA) is 59.1 Å². The van der Waals surface area contributed by atoms with Gasteiger partial charge in [0, 0.05) is 44.1 Å². The quantitative estimate of drug-likeness (QED) is 0.808. The molecule has 0 radical (unpaired) electrons. The van der Waals surface area contributed by atoms with Crippen LogP contribution in [0.4, 0.5) is 0 Å². The maximum Gasteiger partial charge on any atom is 0.254 e. The molecule has 0 bridgehead atoms. The lowest BCUT2D eigenvalue weighted by molar-refractivity contribution is -0.132. The monoisotopic (exact) mass is 360 g/mol. The molecule has 2 saturated heterocycles. The SMILES string of the molecule is CCC(=O)N1CCCC(COc2ccc(C(=O)N3CCOCC3)cc2)C1. The van der Waals surface area contributed by atoms with Crippen LogP contribution in [-0.4, -0.2) is 67.6 Å². The summed E-state index contributed by atoms with van der Waals surface area (Å²) in [7, 11) is 0. The van der Waals surface area contributed by atoms with E-state index in [1.807, 2.05) is 41.0 Å². The zero-order chi connectivity index (χ0) is 18.4. The molecular weight excluding hydrogens is 332 g/mol. The maximum absolute atomic E-state index is 12.4. The van der Waals surface area contributed by atoms with Gasteiger partial charge in [-0.2, -0.15) is 0 Å². The fraction of sp³-hybridized carbons (Fsp3) is 0.600. The van der Waals surface area contributed by atoms with Gasteiger partial charge in [0.2, 0.25) is 5.91 Å². The van der Waals surface area contributed by atoms with Gasteiger partial charge >= 0.3 is 0 Å². The lowest BCUT2D eigenvalue weighted by Gasteiger charge is -2.32. The third-order valence-electron chi connectivity index (χ3n) is 5.06. The summed E-state index contributed by atoms with van der Waals surface area (Å²) in [5, 5.41) is 0. The first-order chi connectivity index (χ1) is 12.7. The fourth-order valence-corrected chi connectivity index (χ4v) is 3.51. The number of nitrogens with zero attached hydrogens (tertiary/aromatic N) is 2. The number of amides is 2. The minimum Gasteiger partial charge on any atom is -0.493 e. The van der Waals surface area contributed by atoms with Crippen molar-refractivity contribution in [1.82, 2.24) is 9.80 Å². The zero-order valence-corrected chi connectivity index (χ0v) is 15.5. The summed E-state index contributed by atoms with van der Waals surface area (Å²) in [6.07, 6.45) is 2.68. The average Bonchev–Trinajstić information content (AvgIpc) is 2.72. The van der Waals surface area contributed by atoms with Crippen LogP contribution in [0.1, 0.15) is 36.5 Å². The Labute approximate surface area is 155 Å². The Morgan fingerprint density at radius 1 is 1.12 bits per heavy atom. The highest BCUT2D eigenvalue weighted by molar-refractivity contribution is 5.94. The molecule has 2 amide bonds. The molecule has 142 valence electrons. The van der Waals surface area contributed by atoms with Gasteiger partial charge in [-0.3, -0.25) is 9.59 Å². The van der Waals surface area contributed by atoms with Crippen molar-refractivity contribution in [3.8, 4) is 5.75 Å². The van der Waals surface area contributed by atoms with E-state index < -0.39 is 0 Å². The molecule has 0 saturated carbocycles. The average molecular weight is 360 g/mol. The molecule has 1 aromatic carbocycles. The van der Waals surface area contributed by atoms with Gasteiger partial charge in [0.25, 0.3) is 5.91 Å². The van der Waals surface area contributed by atoms with E-state index in [1.165, 1.54) is 0 Å². The minimum absolute atomic E-state index is 0.0425. The van der Waals surface area contributed by atoms with Crippen molar-refractivity contribution in [3.05, 3.63) is 29.8 Å². The molecule has 2 aliphatic rings. The molecule has 26 heavy (non-hydrogen) atoms. The van der Waals surface area contributed by atoms with E-state index in [1.54, 1.807) is 0 Å². The summed E-state index contributed by atoms with van der Waals surface area (Å²) in [5.41, 5.74) is 0.677. The number of piperidine rings is 1. The number of hydrogen-bond acceptors (Lipinski definition) is 4. The van der Waals surface area contributed by atoms with Crippen molar-refractivity contribution in [2.75, 3.05) is 46.0 Å². The normalized spacial score (nSPS) is 20.7.